The number of terminal acetylenes is 1. The number of hydrogen-bond donors (Lipinski definition) is 1. The number of nitrogens with one attached hydrogen (secondary N) is 1. The van der Waals surface area contributed by atoms with Crippen LogP contribution >= 0.6 is 0 Å². The summed E-state index contributed by atoms with van der Waals surface area (Å²) in [7, 11) is -3.78. The second-order valence-corrected chi connectivity index (χ2v) is 8.77. The Hall–Kier alpha value is -3.15. The van der Waals surface area contributed by atoms with Gasteiger partial charge in [-0.1, -0.05) is 30.3 Å². The average molecular weight is 422 g/mol. The summed E-state index contributed by atoms with van der Waals surface area (Å²) in [6.07, 6.45) is 6.09. The zero-order valence-electron chi connectivity index (χ0n) is 16.5. The normalized spacial score (nSPS) is 15.1. The molecule has 154 valence electrons. The van der Waals surface area contributed by atoms with Crippen LogP contribution in [-0.2, 0) is 10.0 Å². The maximum absolute atomic E-state index is 12.9. The van der Waals surface area contributed by atoms with E-state index in [2.05, 4.69) is 25.4 Å². The van der Waals surface area contributed by atoms with Crippen LogP contribution in [0.5, 0.6) is 0 Å². The molecule has 0 spiro atoms. The number of anilines is 2. The Morgan fingerprint density at radius 1 is 0.933 bits per heavy atom. The molecule has 0 aliphatic carbocycles. The van der Waals surface area contributed by atoms with Crippen molar-refractivity contribution in [3.05, 3.63) is 54.6 Å². The maximum atomic E-state index is 12.9. The first-order valence-electron chi connectivity index (χ1n) is 9.82. The molecule has 0 saturated carbocycles. The summed E-state index contributed by atoms with van der Waals surface area (Å²) in [5, 5.41) is 0. The van der Waals surface area contributed by atoms with Crippen LogP contribution in [0, 0.1) is 12.3 Å². The van der Waals surface area contributed by atoms with E-state index in [4.69, 9.17) is 11.4 Å². The molecule has 1 aliphatic rings. The van der Waals surface area contributed by atoms with Crippen LogP contribution in [0.25, 0.3) is 11.0 Å². The molecule has 0 atom stereocenters. The van der Waals surface area contributed by atoms with Crippen LogP contribution in [0.2, 0.25) is 0 Å². The molecule has 0 unspecified atom stereocenters. The van der Waals surface area contributed by atoms with Crippen molar-refractivity contribution in [1.29, 1.82) is 0 Å². The van der Waals surface area contributed by atoms with Gasteiger partial charge in [0.2, 0.25) is 0 Å². The summed E-state index contributed by atoms with van der Waals surface area (Å²) in [6.45, 7) is 3.97. The number of aromatic nitrogens is 2. The number of nitrogens with zero attached hydrogens (tertiary/aromatic N) is 4. The zero-order chi connectivity index (χ0) is 21.0. The molecule has 2 heterocycles. The van der Waals surface area contributed by atoms with E-state index < -0.39 is 10.0 Å². The van der Waals surface area contributed by atoms with Gasteiger partial charge in [0, 0.05) is 39.1 Å². The molecule has 7 nitrogen and oxygen atoms in total. The Balaban J connectivity index is 1.66. The Bertz CT molecular complexity index is 1170. The summed E-state index contributed by atoms with van der Waals surface area (Å²) in [5.74, 6) is 3.47. The third-order valence-corrected chi connectivity index (χ3v) is 6.44. The van der Waals surface area contributed by atoms with Gasteiger partial charge in [-0.25, -0.2) is 18.4 Å². The summed E-state index contributed by atoms with van der Waals surface area (Å²) in [5.41, 5.74) is 1.37. The molecule has 30 heavy (non-hydrogen) atoms. The quantitative estimate of drug-likeness (QED) is 0.617. The van der Waals surface area contributed by atoms with E-state index in [0.717, 1.165) is 44.7 Å². The summed E-state index contributed by atoms with van der Waals surface area (Å²) < 4.78 is 28.5. The fourth-order valence-electron chi connectivity index (χ4n) is 3.47. The van der Waals surface area contributed by atoms with E-state index in [9.17, 15) is 8.42 Å². The predicted octanol–water partition coefficient (Wildman–Crippen LogP) is 2.58. The molecule has 0 amide bonds. The van der Waals surface area contributed by atoms with Crippen molar-refractivity contribution in [1.82, 2.24) is 14.9 Å². The Morgan fingerprint density at radius 2 is 1.57 bits per heavy atom. The lowest BCUT2D eigenvalue weighted by molar-refractivity contribution is 0.263. The smallest absolute Gasteiger partial charge is 0.263 e. The van der Waals surface area contributed by atoms with Gasteiger partial charge in [0.05, 0.1) is 15.9 Å². The van der Waals surface area contributed by atoms with Crippen molar-refractivity contribution in [2.75, 3.05) is 42.3 Å². The number of para-hydroxylation sites is 2. The van der Waals surface area contributed by atoms with E-state index in [-0.39, 0.29) is 10.7 Å². The fourth-order valence-corrected chi connectivity index (χ4v) is 4.50. The van der Waals surface area contributed by atoms with Gasteiger partial charge in [-0.2, -0.15) is 0 Å². The molecule has 3 aromatic rings. The van der Waals surface area contributed by atoms with Crippen LogP contribution in [0.3, 0.4) is 0 Å². The predicted molar refractivity (Wildman–Crippen MR) is 119 cm³/mol. The summed E-state index contributed by atoms with van der Waals surface area (Å²) in [4.78, 5) is 13.9. The second kappa shape index (κ2) is 8.69. The number of piperazine rings is 1. The lowest BCUT2D eigenvalue weighted by Crippen LogP contribution is -2.47. The standard InChI is InChI=1S/C22H23N5O2S/c1-2-3-13-26-14-16-27(17-15-26)22-21(23-19-11-7-8-12-20(19)24-22)25-30(28,29)18-9-5-4-6-10-18/h1,4-12H,3,13-17H2,(H,23,25). The van der Waals surface area contributed by atoms with Crippen molar-refractivity contribution in [3.8, 4) is 12.3 Å². The van der Waals surface area contributed by atoms with Gasteiger partial charge in [-0.3, -0.25) is 9.62 Å². The van der Waals surface area contributed by atoms with Crippen LogP contribution in [-0.4, -0.2) is 56.0 Å². The molecular weight excluding hydrogens is 398 g/mol. The fraction of sp³-hybridized carbons (Fsp3) is 0.273. The lowest BCUT2D eigenvalue weighted by Gasteiger charge is -2.35. The van der Waals surface area contributed by atoms with Crippen LogP contribution in [0.15, 0.2) is 59.5 Å². The monoisotopic (exact) mass is 421 g/mol. The van der Waals surface area contributed by atoms with Crippen molar-refractivity contribution < 1.29 is 8.42 Å². The molecule has 0 bridgehead atoms. The molecule has 2 aromatic carbocycles. The highest BCUT2D eigenvalue weighted by molar-refractivity contribution is 7.92. The van der Waals surface area contributed by atoms with Crippen LogP contribution < -0.4 is 9.62 Å². The van der Waals surface area contributed by atoms with Crippen LogP contribution in [0.4, 0.5) is 11.6 Å². The largest absolute Gasteiger partial charge is 0.351 e. The minimum Gasteiger partial charge on any atom is -0.351 e. The number of fused-ring (bicyclic) bond motifs is 1. The van der Waals surface area contributed by atoms with Crippen molar-refractivity contribution >= 4 is 32.7 Å². The minimum atomic E-state index is -3.78. The third kappa shape index (κ3) is 4.37. The Kier molecular flexibility index (Phi) is 5.84. The summed E-state index contributed by atoms with van der Waals surface area (Å²) >= 11 is 0. The molecule has 1 aromatic heterocycles. The van der Waals surface area contributed by atoms with Gasteiger partial charge >= 0.3 is 0 Å². The number of rotatable bonds is 6. The van der Waals surface area contributed by atoms with Crippen molar-refractivity contribution in [2.45, 2.75) is 11.3 Å². The molecule has 8 heteroatoms. The van der Waals surface area contributed by atoms with Gasteiger partial charge in [0.15, 0.2) is 11.6 Å². The zero-order valence-corrected chi connectivity index (χ0v) is 17.3. The Labute approximate surface area is 176 Å². The first-order valence-corrected chi connectivity index (χ1v) is 11.3. The number of benzene rings is 2. The summed E-state index contributed by atoms with van der Waals surface area (Å²) in [6, 6.07) is 15.7. The first kappa shape index (κ1) is 20.1. The van der Waals surface area contributed by atoms with Gasteiger partial charge in [-0.05, 0) is 24.3 Å². The van der Waals surface area contributed by atoms with E-state index in [1.807, 2.05) is 24.3 Å². The molecule has 1 aliphatic heterocycles. The van der Waals surface area contributed by atoms with E-state index in [1.165, 1.54) is 0 Å². The highest BCUT2D eigenvalue weighted by atomic mass is 32.2. The molecule has 1 N–H and O–H groups in total. The maximum Gasteiger partial charge on any atom is 0.263 e. The van der Waals surface area contributed by atoms with Crippen LogP contribution in [0.1, 0.15) is 6.42 Å². The third-order valence-electron chi connectivity index (χ3n) is 5.08. The van der Waals surface area contributed by atoms with E-state index in [0.29, 0.717) is 11.3 Å². The molecule has 0 radical (unpaired) electrons. The average Bonchev–Trinajstić information content (AvgIpc) is 2.78. The molecule has 1 fully saturated rings. The van der Waals surface area contributed by atoms with Crippen molar-refractivity contribution in [3.63, 3.8) is 0 Å². The SMILES string of the molecule is C#CCCN1CCN(c2nc3ccccc3nc2NS(=O)(=O)c2ccccc2)CC1. The first-order chi connectivity index (χ1) is 14.6. The van der Waals surface area contributed by atoms with Gasteiger partial charge in [0.25, 0.3) is 10.0 Å². The van der Waals surface area contributed by atoms with Crippen molar-refractivity contribution in [2.24, 2.45) is 0 Å². The molecule has 4 rings (SSSR count). The number of sulfonamides is 1. The second-order valence-electron chi connectivity index (χ2n) is 7.09. The van der Waals surface area contributed by atoms with Gasteiger partial charge in [-0.15, -0.1) is 12.3 Å². The lowest BCUT2D eigenvalue weighted by atomic mass is 10.2. The highest BCUT2D eigenvalue weighted by Crippen LogP contribution is 2.28. The molecule has 1 saturated heterocycles. The molecular formula is C22H23N5O2S. The Morgan fingerprint density at radius 3 is 2.23 bits per heavy atom. The number of hydrogen-bond acceptors (Lipinski definition) is 6. The van der Waals surface area contributed by atoms with E-state index in [1.54, 1.807) is 30.3 Å². The highest BCUT2D eigenvalue weighted by Gasteiger charge is 2.24. The van der Waals surface area contributed by atoms with Gasteiger partial charge in [0.1, 0.15) is 0 Å². The topological polar surface area (TPSA) is 78.4 Å². The van der Waals surface area contributed by atoms with E-state index >= 15 is 0 Å². The minimum absolute atomic E-state index is 0.185. The van der Waals surface area contributed by atoms with Gasteiger partial charge < -0.3 is 4.90 Å².